The Morgan fingerprint density at radius 1 is 1.19 bits per heavy atom. The second-order valence-electron chi connectivity index (χ2n) is 5.09. The molecule has 2 rings (SSSR count). The van der Waals surface area contributed by atoms with Gasteiger partial charge in [-0.1, -0.05) is 29.3 Å². The summed E-state index contributed by atoms with van der Waals surface area (Å²) in [4.78, 5) is 24.7. The lowest BCUT2D eigenvalue weighted by Crippen LogP contribution is -2.51. The number of amides is 1. The molecule has 1 amide bonds. The van der Waals surface area contributed by atoms with Crippen molar-refractivity contribution in [2.45, 2.75) is 24.9 Å². The van der Waals surface area contributed by atoms with Gasteiger partial charge in [0.25, 0.3) is 0 Å². The van der Waals surface area contributed by atoms with Crippen LogP contribution in [-0.4, -0.2) is 45.7 Å². The normalized spacial score (nSPS) is 17.6. The number of rotatable bonds is 3. The Hall–Kier alpha value is -1.30. The fourth-order valence-electron chi connectivity index (χ4n) is 2.30. The van der Waals surface area contributed by atoms with Crippen molar-refractivity contribution in [1.29, 1.82) is 0 Å². The summed E-state index contributed by atoms with van der Waals surface area (Å²) in [6.07, 6.45) is 0.0959. The van der Waals surface area contributed by atoms with Crippen molar-refractivity contribution in [3.63, 3.8) is 0 Å². The first-order valence-corrected chi connectivity index (χ1v) is 7.25. The van der Waals surface area contributed by atoms with Crippen LogP contribution in [0.1, 0.15) is 18.4 Å². The summed E-state index contributed by atoms with van der Waals surface area (Å²) in [5.74, 6) is -1.43. The van der Waals surface area contributed by atoms with Crippen LogP contribution < -0.4 is 0 Å². The number of halogens is 2. The molecule has 114 valence electrons. The molecule has 1 aromatic rings. The number of piperidine rings is 1. The third kappa shape index (κ3) is 3.48. The number of benzene rings is 1. The van der Waals surface area contributed by atoms with Gasteiger partial charge in [0.15, 0.2) is 5.60 Å². The quantitative estimate of drug-likeness (QED) is 0.887. The van der Waals surface area contributed by atoms with Gasteiger partial charge in [-0.25, -0.2) is 4.79 Å². The second kappa shape index (κ2) is 6.22. The summed E-state index contributed by atoms with van der Waals surface area (Å²) >= 11 is 12.1. The minimum Gasteiger partial charge on any atom is -0.479 e. The molecule has 0 atom stereocenters. The maximum atomic E-state index is 12.2. The Kier molecular flexibility index (Phi) is 4.76. The van der Waals surface area contributed by atoms with Crippen LogP contribution >= 0.6 is 23.2 Å². The first-order chi connectivity index (χ1) is 9.83. The van der Waals surface area contributed by atoms with Crippen molar-refractivity contribution in [2.75, 3.05) is 13.1 Å². The Morgan fingerprint density at radius 2 is 1.71 bits per heavy atom. The fourth-order valence-corrected chi connectivity index (χ4v) is 2.84. The van der Waals surface area contributed by atoms with Gasteiger partial charge in [0.1, 0.15) is 0 Å². The van der Waals surface area contributed by atoms with Crippen molar-refractivity contribution < 1.29 is 19.8 Å². The molecule has 0 aromatic heterocycles. The lowest BCUT2D eigenvalue weighted by atomic mass is 9.91. The molecule has 1 fully saturated rings. The first kappa shape index (κ1) is 16.1. The van der Waals surface area contributed by atoms with Crippen LogP contribution in [0.3, 0.4) is 0 Å². The van der Waals surface area contributed by atoms with Gasteiger partial charge in [-0.05, 0) is 17.7 Å². The molecule has 7 heteroatoms. The summed E-state index contributed by atoms with van der Waals surface area (Å²) in [5.41, 5.74) is -1.18. The van der Waals surface area contributed by atoms with Crippen molar-refractivity contribution in [2.24, 2.45) is 0 Å². The van der Waals surface area contributed by atoms with Crippen molar-refractivity contribution >= 4 is 35.1 Å². The minimum absolute atomic E-state index is 0.0182. The Balaban J connectivity index is 2.02. The van der Waals surface area contributed by atoms with Gasteiger partial charge in [0, 0.05) is 36.0 Å². The fraction of sp³-hybridized carbons (Fsp3) is 0.429. The molecule has 5 nitrogen and oxygen atoms in total. The second-order valence-corrected chi connectivity index (χ2v) is 5.91. The van der Waals surface area contributed by atoms with Crippen LogP contribution in [0.2, 0.25) is 10.0 Å². The van der Waals surface area contributed by atoms with Gasteiger partial charge < -0.3 is 15.1 Å². The molecule has 2 N–H and O–H groups in total. The molecule has 0 saturated carbocycles. The van der Waals surface area contributed by atoms with Gasteiger partial charge in [-0.15, -0.1) is 0 Å². The molecule has 1 aromatic carbocycles. The molecule has 1 saturated heterocycles. The number of carbonyl (C=O) groups is 2. The number of carboxylic acids is 1. The van der Waals surface area contributed by atoms with Gasteiger partial charge in [0.05, 0.1) is 6.42 Å². The van der Waals surface area contributed by atoms with E-state index in [4.69, 9.17) is 28.3 Å². The highest BCUT2D eigenvalue weighted by Crippen LogP contribution is 2.27. The summed E-state index contributed by atoms with van der Waals surface area (Å²) < 4.78 is 0. The number of aliphatic hydroxyl groups is 1. The number of hydrogen-bond acceptors (Lipinski definition) is 3. The summed E-state index contributed by atoms with van der Waals surface area (Å²) in [7, 11) is 0. The topological polar surface area (TPSA) is 77.8 Å². The van der Waals surface area contributed by atoms with Crippen LogP contribution in [0.4, 0.5) is 0 Å². The van der Waals surface area contributed by atoms with Gasteiger partial charge >= 0.3 is 5.97 Å². The number of carboxylic acid groups (broad SMARTS) is 1. The average Bonchev–Trinajstić information content (AvgIpc) is 2.43. The summed E-state index contributed by atoms with van der Waals surface area (Å²) in [6.45, 7) is 0.396. The molecular weight excluding hydrogens is 317 g/mol. The molecule has 1 heterocycles. The maximum absolute atomic E-state index is 12.2. The van der Waals surface area contributed by atoms with Crippen molar-refractivity contribution in [3.8, 4) is 0 Å². The SMILES string of the molecule is O=C(Cc1c(Cl)cccc1Cl)N1CCC(O)(C(=O)O)CC1. The van der Waals surface area contributed by atoms with Gasteiger partial charge in [0.2, 0.25) is 5.91 Å². The summed E-state index contributed by atoms with van der Waals surface area (Å²) in [6, 6.07) is 5.03. The zero-order valence-electron chi connectivity index (χ0n) is 11.2. The van der Waals surface area contributed by atoms with E-state index in [2.05, 4.69) is 0 Å². The average molecular weight is 332 g/mol. The van der Waals surface area contributed by atoms with Crippen LogP contribution in [0.25, 0.3) is 0 Å². The number of hydrogen-bond donors (Lipinski definition) is 2. The van der Waals surface area contributed by atoms with Crippen molar-refractivity contribution in [1.82, 2.24) is 4.90 Å². The Labute approximate surface area is 132 Å². The van der Waals surface area contributed by atoms with Gasteiger partial charge in [-0.2, -0.15) is 0 Å². The molecule has 1 aliphatic rings. The molecule has 21 heavy (non-hydrogen) atoms. The number of carbonyl (C=O) groups excluding carboxylic acids is 1. The molecule has 1 aliphatic heterocycles. The van der Waals surface area contributed by atoms with E-state index in [1.54, 1.807) is 18.2 Å². The molecule has 0 unspecified atom stereocenters. The molecule has 0 bridgehead atoms. The molecular formula is C14H15Cl2NO4. The largest absolute Gasteiger partial charge is 0.479 e. The number of aliphatic carboxylic acids is 1. The third-order valence-corrected chi connectivity index (χ3v) is 4.44. The monoisotopic (exact) mass is 331 g/mol. The standard InChI is InChI=1S/C14H15Cl2NO4/c15-10-2-1-3-11(16)9(10)8-12(18)17-6-4-14(21,5-7-17)13(19)20/h1-3,21H,4-8H2,(H,19,20). The van der Waals surface area contributed by atoms with Crippen LogP contribution in [0.15, 0.2) is 18.2 Å². The van der Waals surface area contributed by atoms with E-state index in [-0.39, 0.29) is 38.3 Å². The van der Waals surface area contributed by atoms with Crippen LogP contribution in [0.5, 0.6) is 0 Å². The van der Waals surface area contributed by atoms with Crippen molar-refractivity contribution in [3.05, 3.63) is 33.8 Å². The highest BCUT2D eigenvalue weighted by molar-refractivity contribution is 6.36. The summed E-state index contributed by atoms with van der Waals surface area (Å²) in [5, 5.41) is 19.6. The van der Waals surface area contributed by atoms with E-state index >= 15 is 0 Å². The highest BCUT2D eigenvalue weighted by atomic mass is 35.5. The smallest absolute Gasteiger partial charge is 0.335 e. The Morgan fingerprint density at radius 3 is 2.19 bits per heavy atom. The maximum Gasteiger partial charge on any atom is 0.335 e. The first-order valence-electron chi connectivity index (χ1n) is 6.50. The predicted molar refractivity (Wildman–Crippen MR) is 78.6 cm³/mol. The molecule has 0 spiro atoms. The predicted octanol–water partition coefficient (Wildman–Crippen LogP) is 1.97. The van der Waals surface area contributed by atoms with Crippen LogP contribution in [-0.2, 0) is 16.0 Å². The van der Waals surface area contributed by atoms with Gasteiger partial charge in [-0.3, -0.25) is 4.79 Å². The molecule has 0 aliphatic carbocycles. The van der Waals surface area contributed by atoms with E-state index in [0.717, 1.165) is 0 Å². The zero-order chi connectivity index (χ0) is 15.6. The van der Waals surface area contributed by atoms with Crippen LogP contribution in [0, 0.1) is 0 Å². The highest BCUT2D eigenvalue weighted by Gasteiger charge is 2.40. The minimum atomic E-state index is -1.74. The molecule has 0 radical (unpaired) electrons. The third-order valence-electron chi connectivity index (χ3n) is 3.73. The lowest BCUT2D eigenvalue weighted by molar-refractivity contribution is -0.165. The van der Waals surface area contributed by atoms with E-state index in [0.29, 0.717) is 15.6 Å². The number of nitrogens with zero attached hydrogens (tertiary/aromatic N) is 1. The van der Waals surface area contributed by atoms with E-state index in [1.165, 1.54) is 4.90 Å². The Bertz CT molecular complexity index is 548. The van der Waals surface area contributed by atoms with E-state index < -0.39 is 11.6 Å². The lowest BCUT2D eigenvalue weighted by Gasteiger charge is -2.35. The van der Waals surface area contributed by atoms with E-state index in [1.807, 2.05) is 0 Å². The van der Waals surface area contributed by atoms with E-state index in [9.17, 15) is 14.7 Å². The zero-order valence-corrected chi connectivity index (χ0v) is 12.7. The number of likely N-dealkylation sites (tertiary alicyclic amines) is 1.